The summed E-state index contributed by atoms with van der Waals surface area (Å²) >= 11 is 0. The van der Waals surface area contributed by atoms with Crippen molar-refractivity contribution in [3.05, 3.63) is 35.9 Å². The van der Waals surface area contributed by atoms with Crippen LogP contribution in [-0.2, 0) is 6.54 Å². The van der Waals surface area contributed by atoms with Crippen LogP contribution in [0.5, 0.6) is 0 Å². The first-order valence-corrected chi connectivity index (χ1v) is 10.5. The Morgan fingerprint density at radius 3 is 1.62 bits per heavy atom. The summed E-state index contributed by atoms with van der Waals surface area (Å²) in [5.41, 5.74) is 1.46. The fourth-order valence-electron chi connectivity index (χ4n) is 3.18. The van der Waals surface area contributed by atoms with Crippen molar-refractivity contribution in [2.45, 2.75) is 84.6 Å². The van der Waals surface area contributed by atoms with Gasteiger partial charge in [0.2, 0.25) is 0 Å². The van der Waals surface area contributed by atoms with Crippen LogP contribution in [0, 0.1) is 0 Å². The van der Waals surface area contributed by atoms with E-state index in [2.05, 4.69) is 51.4 Å². The Bertz CT molecular complexity index is 381. The number of hydrogen-bond acceptors (Lipinski definition) is 1. The van der Waals surface area contributed by atoms with Gasteiger partial charge in [-0.25, -0.2) is 0 Å². The summed E-state index contributed by atoms with van der Waals surface area (Å²) < 4.78 is 1.11. The fraction of sp³-hybridized carbons (Fsp3) is 0.739. The fourth-order valence-corrected chi connectivity index (χ4v) is 3.18. The Kier molecular flexibility index (Phi) is 20.4. The van der Waals surface area contributed by atoms with E-state index in [1.54, 1.807) is 6.92 Å². The third-order valence-electron chi connectivity index (χ3n) is 4.57. The zero-order valence-electron chi connectivity index (χ0n) is 17.9. The van der Waals surface area contributed by atoms with Gasteiger partial charge >= 0.3 is 0 Å². The first-order valence-electron chi connectivity index (χ1n) is 10.5. The highest BCUT2D eigenvalue weighted by Crippen LogP contribution is 2.13. The van der Waals surface area contributed by atoms with Crippen LogP contribution in [0.15, 0.2) is 30.3 Å². The molecule has 1 aromatic rings. The van der Waals surface area contributed by atoms with Crippen molar-refractivity contribution >= 4 is 0 Å². The molecule has 0 aromatic heterocycles. The first-order chi connectivity index (χ1) is 12.1. The van der Waals surface area contributed by atoms with Crippen molar-refractivity contribution in [1.29, 1.82) is 0 Å². The SMILES string of the molecule is CCCCCCCCCCCC[N+](C)(C)Cc1ccccc1.CCO.[Cl-]. The molecule has 0 unspecified atom stereocenters. The van der Waals surface area contributed by atoms with Crippen LogP contribution in [0.2, 0.25) is 0 Å². The average molecular weight is 386 g/mol. The zero-order valence-corrected chi connectivity index (χ0v) is 18.6. The van der Waals surface area contributed by atoms with Gasteiger partial charge in [-0.05, 0) is 19.8 Å². The molecule has 1 aromatic carbocycles. The molecule has 1 N–H and O–H groups in total. The highest BCUT2D eigenvalue weighted by atomic mass is 35.5. The lowest BCUT2D eigenvalue weighted by molar-refractivity contribution is -0.903. The van der Waals surface area contributed by atoms with Gasteiger partial charge in [-0.1, -0.05) is 88.6 Å². The average Bonchev–Trinajstić information content (AvgIpc) is 2.58. The minimum Gasteiger partial charge on any atom is -1.00 e. The minimum atomic E-state index is 0. The lowest BCUT2D eigenvalue weighted by Gasteiger charge is -2.30. The number of nitrogens with zero attached hydrogens (tertiary/aromatic N) is 1. The molecule has 0 fully saturated rings. The molecule has 0 bridgehead atoms. The monoisotopic (exact) mass is 385 g/mol. The van der Waals surface area contributed by atoms with Crippen LogP contribution in [0.1, 0.15) is 83.6 Å². The molecule has 0 aliphatic rings. The Labute approximate surface area is 170 Å². The Morgan fingerprint density at radius 1 is 0.731 bits per heavy atom. The van der Waals surface area contributed by atoms with Gasteiger partial charge in [-0.15, -0.1) is 0 Å². The molecule has 0 saturated carbocycles. The maximum Gasteiger partial charge on any atom is 0.104 e. The maximum absolute atomic E-state index is 7.57. The summed E-state index contributed by atoms with van der Waals surface area (Å²) in [5, 5.41) is 7.57. The van der Waals surface area contributed by atoms with Crippen LogP contribution in [-0.4, -0.2) is 36.8 Å². The topological polar surface area (TPSA) is 20.2 Å². The molecule has 0 aliphatic heterocycles. The summed E-state index contributed by atoms with van der Waals surface area (Å²) in [5.74, 6) is 0. The van der Waals surface area contributed by atoms with Gasteiger partial charge in [0, 0.05) is 12.2 Å². The molecule has 0 heterocycles. The van der Waals surface area contributed by atoms with Gasteiger partial charge in [0.1, 0.15) is 6.54 Å². The minimum absolute atomic E-state index is 0. The van der Waals surface area contributed by atoms with Gasteiger partial charge < -0.3 is 22.0 Å². The number of hydrogen-bond donors (Lipinski definition) is 1. The molecule has 1 rings (SSSR count). The molecular formula is C23H44ClNO. The number of aliphatic hydroxyl groups excluding tert-OH is 1. The normalized spacial score (nSPS) is 10.7. The largest absolute Gasteiger partial charge is 1.00 e. The van der Waals surface area contributed by atoms with E-state index >= 15 is 0 Å². The molecular weight excluding hydrogens is 342 g/mol. The van der Waals surface area contributed by atoms with Crippen molar-refractivity contribution in [3.8, 4) is 0 Å². The van der Waals surface area contributed by atoms with E-state index in [-0.39, 0.29) is 19.0 Å². The van der Waals surface area contributed by atoms with Gasteiger partial charge in [-0.2, -0.15) is 0 Å². The molecule has 26 heavy (non-hydrogen) atoms. The molecule has 0 aliphatic carbocycles. The van der Waals surface area contributed by atoms with Crippen molar-refractivity contribution in [2.75, 3.05) is 27.2 Å². The zero-order chi connectivity index (χ0) is 18.8. The highest BCUT2D eigenvalue weighted by Gasteiger charge is 2.14. The molecule has 0 radical (unpaired) electrons. The molecule has 0 atom stereocenters. The van der Waals surface area contributed by atoms with Crippen LogP contribution >= 0.6 is 0 Å². The molecule has 3 heteroatoms. The van der Waals surface area contributed by atoms with E-state index < -0.39 is 0 Å². The van der Waals surface area contributed by atoms with Gasteiger partial charge in [0.15, 0.2) is 0 Å². The van der Waals surface area contributed by atoms with Gasteiger partial charge in [0.25, 0.3) is 0 Å². The Balaban J connectivity index is 0. The van der Waals surface area contributed by atoms with Crippen LogP contribution in [0.4, 0.5) is 0 Å². The van der Waals surface area contributed by atoms with Crippen molar-refractivity contribution in [2.24, 2.45) is 0 Å². The summed E-state index contributed by atoms with van der Waals surface area (Å²) in [6, 6.07) is 10.9. The second-order valence-electron chi connectivity index (χ2n) is 7.80. The molecule has 0 amide bonds. The van der Waals surface area contributed by atoms with E-state index in [4.69, 9.17) is 5.11 Å². The Morgan fingerprint density at radius 2 is 1.15 bits per heavy atom. The van der Waals surface area contributed by atoms with Gasteiger partial charge in [-0.3, -0.25) is 0 Å². The first kappa shape index (κ1) is 27.6. The summed E-state index contributed by atoms with van der Waals surface area (Å²) in [6.07, 6.45) is 14.2. The number of quaternary nitrogens is 1. The number of rotatable bonds is 13. The van der Waals surface area contributed by atoms with Crippen LogP contribution < -0.4 is 12.4 Å². The van der Waals surface area contributed by atoms with Gasteiger partial charge in [0.05, 0.1) is 20.6 Å². The van der Waals surface area contributed by atoms with Crippen LogP contribution in [0.25, 0.3) is 0 Å². The second-order valence-corrected chi connectivity index (χ2v) is 7.80. The third-order valence-corrected chi connectivity index (χ3v) is 4.57. The smallest absolute Gasteiger partial charge is 0.104 e. The van der Waals surface area contributed by atoms with Crippen molar-refractivity contribution in [1.82, 2.24) is 0 Å². The summed E-state index contributed by atoms with van der Waals surface area (Å²) in [4.78, 5) is 0. The molecule has 0 saturated heterocycles. The molecule has 0 spiro atoms. The number of aliphatic hydroxyl groups is 1. The quantitative estimate of drug-likeness (QED) is 0.408. The standard InChI is InChI=1S/C21H38N.C2H6O.ClH/c1-4-5-6-7-8-9-10-11-12-16-19-22(2,3)20-21-17-14-13-15-18-21;1-2-3;/h13-15,17-18H,4-12,16,19-20H2,1-3H3;3H,2H2,1H3;1H/q+1;;/p-1. The van der Waals surface area contributed by atoms with E-state index in [1.165, 1.54) is 76.3 Å². The number of halogens is 1. The Hall–Kier alpha value is -0.570. The summed E-state index contributed by atoms with van der Waals surface area (Å²) in [6.45, 7) is 6.67. The lowest BCUT2D eigenvalue weighted by Crippen LogP contribution is -3.00. The van der Waals surface area contributed by atoms with Crippen LogP contribution in [0.3, 0.4) is 0 Å². The predicted octanol–water partition coefficient (Wildman–Crippen LogP) is 3.19. The number of benzene rings is 1. The predicted molar refractivity (Wildman–Crippen MR) is 112 cm³/mol. The maximum atomic E-state index is 7.57. The third kappa shape index (κ3) is 18.2. The van der Waals surface area contributed by atoms with E-state index in [0.29, 0.717) is 0 Å². The molecule has 2 nitrogen and oxygen atoms in total. The van der Waals surface area contributed by atoms with Crippen molar-refractivity contribution in [3.63, 3.8) is 0 Å². The van der Waals surface area contributed by atoms with E-state index in [0.717, 1.165) is 11.0 Å². The highest BCUT2D eigenvalue weighted by molar-refractivity contribution is 5.13. The van der Waals surface area contributed by atoms with Crippen molar-refractivity contribution < 1.29 is 22.0 Å². The lowest BCUT2D eigenvalue weighted by atomic mass is 10.1. The second kappa shape index (κ2) is 19.2. The molecule has 154 valence electrons. The van der Waals surface area contributed by atoms with E-state index in [9.17, 15) is 0 Å². The number of unbranched alkanes of at least 4 members (excludes halogenated alkanes) is 9. The van der Waals surface area contributed by atoms with E-state index in [1.807, 2.05) is 0 Å². The summed E-state index contributed by atoms with van der Waals surface area (Å²) in [7, 11) is 4.72.